The first-order chi connectivity index (χ1) is 11.4. The van der Waals surface area contributed by atoms with Crippen molar-refractivity contribution in [2.24, 2.45) is 0 Å². The third-order valence-corrected chi connectivity index (χ3v) is 6.57. The molecule has 0 unspecified atom stereocenters. The first-order valence-corrected chi connectivity index (χ1v) is 10.6. The van der Waals surface area contributed by atoms with Crippen LogP contribution in [-0.2, 0) is 9.84 Å². The molecule has 0 bridgehead atoms. The van der Waals surface area contributed by atoms with Crippen LogP contribution in [0.2, 0.25) is 5.02 Å². The first-order valence-electron chi connectivity index (χ1n) is 8.55. The zero-order chi connectivity index (χ0) is 17.7. The summed E-state index contributed by atoms with van der Waals surface area (Å²) in [5.41, 5.74) is 3.18. The predicted molar refractivity (Wildman–Crippen MR) is 103 cm³/mol. The average molecular weight is 365 g/mol. The molecule has 0 aliphatic rings. The van der Waals surface area contributed by atoms with Crippen molar-refractivity contribution in [3.63, 3.8) is 0 Å². The van der Waals surface area contributed by atoms with Crippen molar-refractivity contribution in [3.05, 3.63) is 53.1 Å². The Hall–Kier alpha value is -1.32. The Morgan fingerprint density at radius 1 is 1.00 bits per heavy atom. The molecule has 4 heteroatoms. The van der Waals surface area contributed by atoms with Crippen molar-refractivity contribution in [3.8, 4) is 11.1 Å². The van der Waals surface area contributed by atoms with E-state index in [1.165, 1.54) is 5.56 Å². The number of hydrogen-bond acceptors (Lipinski definition) is 2. The molecule has 0 aliphatic carbocycles. The van der Waals surface area contributed by atoms with Gasteiger partial charge in [-0.1, -0.05) is 50.6 Å². The van der Waals surface area contributed by atoms with Gasteiger partial charge >= 0.3 is 0 Å². The smallest absolute Gasteiger partial charge is 0.178 e. The maximum Gasteiger partial charge on any atom is 0.178 e. The minimum atomic E-state index is -3.23. The lowest BCUT2D eigenvalue weighted by Gasteiger charge is -2.18. The van der Waals surface area contributed by atoms with Crippen LogP contribution in [0.3, 0.4) is 0 Å². The Morgan fingerprint density at radius 3 is 2.33 bits per heavy atom. The Labute approximate surface area is 150 Å². The highest BCUT2D eigenvalue weighted by molar-refractivity contribution is 7.91. The van der Waals surface area contributed by atoms with Crippen molar-refractivity contribution in [2.45, 2.75) is 50.8 Å². The third kappa shape index (κ3) is 4.20. The minimum Gasteiger partial charge on any atom is -0.224 e. The number of sulfone groups is 1. The second-order valence-corrected chi connectivity index (χ2v) is 8.64. The highest BCUT2D eigenvalue weighted by atomic mass is 35.5. The lowest BCUT2D eigenvalue weighted by molar-refractivity contribution is 0.594. The number of halogens is 1. The van der Waals surface area contributed by atoms with Gasteiger partial charge in [-0.15, -0.1) is 0 Å². The quantitative estimate of drug-likeness (QED) is 0.595. The fraction of sp³-hybridized carbons (Fsp3) is 0.400. The molecular weight excluding hydrogens is 340 g/mol. The molecular formula is C20H25ClO2S. The first kappa shape index (κ1) is 19.0. The van der Waals surface area contributed by atoms with Crippen LogP contribution in [0.5, 0.6) is 0 Å². The van der Waals surface area contributed by atoms with Crippen LogP contribution in [0.15, 0.2) is 47.4 Å². The summed E-state index contributed by atoms with van der Waals surface area (Å²) in [5, 5.41) is 0.668. The van der Waals surface area contributed by atoms with Crippen LogP contribution in [0.25, 0.3) is 11.1 Å². The number of hydrogen-bond donors (Lipinski definition) is 0. The van der Waals surface area contributed by atoms with Crippen molar-refractivity contribution in [1.82, 2.24) is 0 Å². The van der Waals surface area contributed by atoms with Crippen LogP contribution in [0, 0.1) is 0 Å². The van der Waals surface area contributed by atoms with E-state index in [1.54, 1.807) is 12.1 Å². The van der Waals surface area contributed by atoms with Crippen LogP contribution >= 0.6 is 11.6 Å². The van der Waals surface area contributed by atoms with Gasteiger partial charge in [0.2, 0.25) is 0 Å². The van der Waals surface area contributed by atoms with Gasteiger partial charge in [0.05, 0.1) is 10.6 Å². The summed E-state index contributed by atoms with van der Waals surface area (Å²) in [7, 11) is -3.23. The fourth-order valence-corrected chi connectivity index (χ4v) is 4.64. The van der Waals surface area contributed by atoms with Crippen LogP contribution in [0.4, 0.5) is 0 Å². The molecule has 0 spiro atoms. The number of rotatable bonds is 7. The van der Waals surface area contributed by atoms with Gasteiger partial charge in [-0.05, 0) is 66.1 Å². The standard InChI is InChI=1S/C20H25ClO2S/c1-4-12-24(22,23)18-9-7-8-16(13-18)20-14-17(21)10-11-19(20)15(5-2)6-3/h7-11,13-15H,4-6,12H2,1-3H3. The Balaban J connectivity index is 2.58. The van der Waals surface area contributed by atoms with E-state index < -0.39 is 9.84 Å². The topological polar surface area (TPSA) is 34.1 Å². The summed E-state index contributed by atoms with van der Waals surface area (Å²) in [6.07, 6.45) is 2.70. The van der Waals surface area contributed by atoms with Crippen LogP contribution in [-0.4, -0.2) is 14.2 Å². The summed E-state index contributed by atoms with van der Waals surface area (Å²) in [6, 6.07) is 13.2. The van der Waals surface area contributed by atoms with Crippen molar-refractivity contribution < 1.29 is 8.42 Å². The molecule has 0 aliphatic heterocycles. The molecule has 0 amide bonds. The highest BCUT2D eigenvalue weighted by Gasteiger charge is 2.17. The van der Waals surface area contributed by atoms with Gasteiger partial charge in [-0.3, -0.25) is 0 Å². The zero-order valence-corrected chi connectivity index (χ0v) is 16.1. The molecule has 2 nitrogen and oxygen atoms in total. The monoisotopic (exact) mass is 364 g/mol. The third-order valence-electron chi connectivity index (χ3n) is 4.42. The van der Waals surface area contributed by atoms with Crippen LogP contribution < -0.4 is 0 Å². The average Bonchev–Trinajstić information content (AvgIpc) is 2.57. The molecule has 0 fully saturated rings. The van der Waals surface area contributed by atoms with Crippen LogP contribution in [0.1, 0.15) is 51.5 Å². The van der Waals surface area contributed by atoms with Gasteiger partial charge in [0, 0.05) is 5.02 Å². The molecule has 0 radical (unpaired) electrons. The van der Waals surface area contributed by atoms with Gasteiger partial charge in [-0.25, -0.2) is 8.42 Å². The van der Waals surface area contributed by atoms with E-state index in [-0.39, 0.29) is 5.75 Å². The molecule has 2 aromatic carbocycles. The van der Waals surface area contributed by atoms with E-state index in [2.05, 4.69) is 19.9 Å². The molecule has 0 aromatic heterocycles. The van der Waals surface area contributed by atoms with Crippen molar-refractivity contribution in [1.29, 1.82) is 0 Å². The Bertz CT molecular complexity index is 793. The lowest BCUT2D eigenvalue weighted by atomic mass is 9.87. The maximum atomic E-state index is 12.4. The molecule has 2 aromatic rings. The molecule has 24 heavy (non-hydrogen) atoms. The molecule has 2 rings (SSSR count). The second kappa shape index (κ2) is 8.17. The summed E-state index contributed by atoms with van der Waals surface area (Å²) in [4.78, 5) is 0.386. The van der Waals surface area contributed by atoms with Crippen molar-refractivity contribution >= 4 is 21.4 Å². The molecule has 130 valence electrons. The summed E-state index contributed by atoms with van der Waals surface area (Å²) >= 11 is 6.22. The van der Waals surface area contributed by atoms with E-state index in [4.69, 9.17) is 11.6 Å². The number of benzene rings is 2. The van der Waals surface area contributed by atoms with E-state index >= 15 is 0 Å². The molecule has 0 saturated heterocycles. The summed E-state index contributed by atoms with van der Waals surface area (Å²) < 4.78 is 24.8. The van der Waals surface area contributed by atoms with E-state index in [1.807, 2.05) is 31.2 Å². The fourth-order valence-electron chi connectivity index (χ4n) is 3.11. The zero-order valence-electron chi connectivity index (χ0n) is 14.5. The molecule has 0 atom stereocenters. The van der Waals surface area contributed by atoms with Gasteiger partial charge < -0.3 is 0 Å². The molecule has 0 heterocycles. The highest BCUT2D eigenvalue weighted by Crippen LogP contribution is 2.35. The Morgan fingerprint density at radius 2 is 1.71 bits per heavy atom. The minimum absolute atomic E-state index is 0.172. The van der Waals surface area contributed by atoms with Gasteiger partial charge in [0.15, 0.2) is 9.84 Å². The van der Waals surface area contributed by atoms with Gasteiger partial charge in [0.25, 0.3) is 0 Å². The Kier molecular flexibility index (Phi) is 6.47. The van der Waals surface area contributed by atoms with E-state index in [0.29, 0.717) is 22.3 Å². The van der Waals surface area contributed by atoms with Crippen molar-refractivity contribution in [2.75, 3.05) is 5.75 Å². The maximum absolute atomic E-state index is 12.4. The second-order valence-electron chi connectivity index (χ2n) is 6.09. The van der Waals surface area contributed by atoms with Gasteiger partial charge in [-0.2, -0.15) is 0 Å². The largest absolute Gasteiger partial charge is 0.224 e. The predicted octanol–water partition coefficient (Wildman–Crippen LogP) is 6.09. The molecule has 0 saturated carbocycles. The van der Waals surface area contributed by atoms with Gasteiger partial charge in [0.1, 0.15) is 0 Å². The summed E-state index contributed by atoms with van der Waals surface area (Å²) in [6.45, 7) is 6.23. The SMILES string of the molecule is CCCS(=O)(=O)c1cccc(-c2cc(Cl)ccc2C(CC)CC)c1. The van der Waals surface area contributed by atoms with E-state index in [0.717, 1.165) is 24.0 Å². The summed E-state index contributed by atoms with van der Waals surface area (Å²) in [5.74, 6) is 0.610. The van der Waals surface area contributed by atoms with E-state index in [9.17, 15) is 8.42 Å². The normalized spacial score (nSPS) is 11.9. The lowest BCUT2D eigenvalue weighted by Crippen LogP contribution is -2.06. The molecule has 0 N–H and O–H groups in total.